The summed E-state index contributed by atoms with van der Waals surface area (Å²) in [6.07, 6.45) is 3.47. The van der Waals surface area contributed by atoms with Crippen LogP contribution >= 0.6 is 24.0 Å². The molecule has 3 rings (SSSR count). The van der Waals surface area contributed by atoms with Gasteiger partial charge in [0, 0.05) is 44.7 Å². The molecule has 2 aliphatic rings. The summed E-state index contributed by atoms with van der Waals surface area (Å²) in [7, 11) is 0. The van der Waals surface area contributed by atoms with Crippen LogP contribution in [-0.2, 0) is 10.2 Å². The van der Waals surface area contributed by atoms with Crippen LogP contribution in [0.15, 0.2) is 35.3 Å². The Kier molecular flexibility index (Phi) is 10.9. The van der Waals surface area contributed by atoms with E-state index in [1.165, 1.54) is 18.5 Å². The number of halogens is 1. The van der Waals surface area contributed by atoms with Crippen LogP contribution in [0.25, 0.3) is 0 Å². The molecule has 0 saturated carbocycles. The van der Waals surface area contributed by atoms with E-state index in [1.807, 2.05) is 0 Å². The number of aliphatic imine (C=N–C) groups is 1. The van der Waals surface area contributed by atoms with Gasteiger partial charge in [0.1, 0.15) is 0 Å². The molecule has 0 aliphatic carbocycles. The normalized spacial score (nSPS) is 20.8. The summed E-state index contributed by atoms with van der Waals surface area (Å²) in [6.45, 7) is 15.9. The van der Waals surface area contributed by atoms with Crippen molar-refractivity contribution in [1.29, 1.82) is 0 Å². The molecule has 1 N–H and O–H groups in total. The van der Waals surface area contributed by atoms with Crippen LogP contribution in [-0.4, -0.2) is 74.8 Å². The van der Waals surface area contributed by atoms with Crippen molar-refractivity contribution in [2.45, 2.75) is 45.4 Å². The maximum atomic E-state index is 5.50. The molecule has 0 radical (unpaired) electrons. The molecule has 170 valence electrons. The Bertz CT molecular complexity index is 629. The summed E-state index contributed by atoms with van der Waals surface area (Å²) in [5.41, 5.74) is 1.53. The van der Waals surface area contributed by atoms with Crippen molar-refractivity contribution in [3.63, 3.8) is 0 Å². The molecule has 6 heteroatoms. The van der Waals surface area contributed by atoms with Crippen LogP contribution in [0.3, 0.4) is 0 Å². The van der Waals surface area contributed by atoms with Crippen LogP contribution in [0.4, 0.5) is 0 Å². The predicted molar refractivity (Wildman–Crippen MR) is 137 cm³/mol. The third kappa shape index (κ3) is 6.57. The molecule has 0 amide bonds. The molecule has 2 aliphatic heterocycles. The number of likely N-dealkylation sites (tertiary alicyclic amines) is 1. The highest BCUT2D eigenvalue weighted by Gasteiger charge is 2.30. The van der Waals surface area contributed by atoms with E-state index in [9.17, 15) is 0 Å². The minimum atomic E-state index is 0. The first-order valence-corrected chi connectivity index (χ1v) is 11.6. The zero-order chi connectivity index (χ0) is 20.5. The van der Waals surface area contributed by atoms with Crippen molar-refractivity contribution in [2.24, 2.45) is 10.9 Å². The van der Waals surface area contributed by atoms with E-state index in [0.29, 0.717) is 0 Å². The molecule has 1 aromatic rings. The zero-order valence-electron chi connectivity index (χ0n) is 19.1. The first-order chi connectivity index (χ1) is 14.2. The van der Waals surface area contributed by atoms with E-state index in [2.05, 4.69) is 66.2 Å². The van der Waals surface area contributed by atoms with Gasteiger partial charge in [0.25, 0.3) is 0 Å². The largest absolute Gasteiger partial charge is 0.379 e. The fraction of sp³-hybridized carbons (Fsp3) is 0.708. The van der Waals surface area contributed by atoms with E-state index in [1.54, 1.807) is 0 Å². The maximum Gasteiger partial charge on any atom is 0.193 e. The van der Waals surface area contributed by atoms with Gasteiger partial charge in [-0.25, -0.2) is 0 Å². The van der Waals surface area contributed by atoms with E-state index in [4.69, 9.17) is 9.73 Å². The fourth-order valence-electron chi connectivity index (χ4n) is 4.74. The molecule has 1 atom stereocenters. The highest BCUT2D eigenvalue weighted by molar-refractivity contribution is 14.0. The number of nitrogens with one attached hydrogen (secondary N) is 1. The van der Waals surface area contributed by atoms with Crippen molar-refractivity contribution in [2.75, 3.05) is 59.0 Å². The lowest BCUT2D eigenvalue weighted by atomic mass is 9.76. The van der Waals surface area contributed by atoms with Gasteiger partial charge in [-0.05, 0) is 37.7 Å². The van der Waals surface area contributed by atoms with Crippen molar-refractivity contribution >= 4 is 29.9 Å². The van der Waals surface area contributed by atoms with E-state index in [0.717, 1.165) is 77.2 Å². The topological polar surface area (TPSA) is 40.1 Å². The number of benzene rings is 1. The Hall–Kier alpha value is -0.860. The highest BCUT2D eigenvalue weighted by atomic mass is 127. The summed E-state index contributed by atoms with van der Waals surface area (Å²) in [4.78, 5) is 10.2. The average molecular weight is 529 g/mol. The van der Waals surface area contributed by atoms with Crippen LogP contribution in [0.1, 0.15) is 45.6 Å². The first kappa shape index (κ1) is 25.4. The third-order valence-corrected chi connectivity index (χ3v) is 6.81. The van der Waals surface area contributed by atoms with Crippen LogP contribution in [0.2, 0.25) is 0 Å². The Balaban J connectivity index is 0.00000320. The number of morpholine rings is 1. The van der Waals surface area contributed by atoms with Crippen molar-refractivity contribution in [3.05, 3.63) is 35.9 Å². The Labute approximate surface area is 200 Å². The van der Waals surface area contributed by atoms with E-state index >= 15 is 0 Å². The molecular weight excluding hydrogens is 487 g/mol. The van der Waals surface area contributed by atoms with Gasteiger partial charge in [0.05, 0.1) is 19.8 Å². The molecule has 0 aromatic heterocycles. The summed E-state index contributed by atoms with van der Waals surface area (Å²) in [6, 6.07) is 10.9. The molecule has 1 aromatic carbocycles. The molecule has 30 heavy (non-hydrogen) atoms. The maximum absolute atomic E-state index is 5.50. The summed E-state index contributed by atoms with van der Waals surface area (Å²) >= 11 is 0. The molecule has 2 saturated heterocycles. The number of hydrogen-bond donors (Lipinski definition) is 1. The number of hydrogen-bond acceptors (Lipinski definition) is 3. The van der Waals surface area contributed by atoms with Gasteiger partial charge < -0.3 is 15.0 Å². The van der Waals surface area contributed by atoms with E-state index < -0.39 is 0 Å². The predicted octanol–water partition coefficient (Wildman–Crippen LogP) is 3.98. The van der Waals surface area contributed by atoms with Crippen LogP contribution in [0.5, 0.6) is 0 Å². The number of guanidine groups is 1. The monoisotopic (exact) mass is 528 g/mol. The first-order valence-electron chi connectivity index (χ1n) is 11.6. The summed E-state index contributed by atoms with van der Waals surface area (Å²) in [5.74, 6) is 1.83. The van der Waals surface area contributed by atoms with Gasteiger partial charge in [-0.1, -0.05) is 44.2 Å². The molecule has 2 fully saturated rings. The quantitative estimate of drug-likeness (QED) is 0.315. The molecule has 2 heterocycles. The summed E-state index contributed by atoms with van der Waals surface area (Å²) in [5, 5.41) is 3.56. The molecular formula is C24H41IN4O. The smallest absolute Gasteiger partial charge is 0.193 e. The summed E-state index contributed by atoms with van der Waals surface area (Å²) < 4.78 is 5.50. The standard InChI is InChI=1S/C24H40N4O.HI/c1-4-24(5-2,22-10-8-7-9-11-22)20-26-23(25-6-3)28-13-12-21(19-28)18-27-14-16-29-17-15-27;/h7-11,21H,4-6,12-20H2,1-3H3,(H,25,26);1H. The second-order valence-corrected chi connectivity index (χ2v) is 8.54. The lowest BCUT2D eigenvalue weighted by molar-refractivity contribution is 0.0315. The zero-order valence-corrected chi connectivity index (χ0v) is 21.4. The number of ether oxygens (including phenoxy) is 1. The van der Waals surface area contributed by atoms with Gasteiger partial charge in [0.15, 0.2) is 5.96 Å². The molecule has 0 spiro atoms. The Morgan fingerprint density at radius 2 is 1.80 bits per heavy atom. The lowest BCUT2D eigenvalue weighted by Crippen LogP contribution is -2.43. The average Bonchev–Trinajstić information content (AvgIpc) is 3.23. The van der Waals surface area contributed by atoms with E-state index in [-0.39, 0.29) is 29.4 Å². The van der Waals surface area contributed by atoms with Crippen molar-refractivity contribution < 1.29 is 4.74 Å². The minimum Gasteiger partial charge on any atom is -0.379 e. The lowest BCUT2D eigenvalue weighted by Gasteiger charge is -2.32. The number of rotatable bonds is 8. The molecule has 0 bridgehead atoms. The van der Waals surface area contributed by atoms with Gasteiger partial charge in [-0.15, -0.1) is 24.0 Å². The van der Waals surface area contributed by atoms with Gasteiger partial charge in [0.2, 0.25) is 0 Å². The molecule has 5 nitrogen and oxygen atoms in total. The highest BCUT2D eigenvalue weighted by Crippen LogP contribution is 2.32. The second kappa shape index (κ2) is 12.9. The van der Waals surface area contributed by atoms with Gasteiger partial charge >= 0.3 is 0 Å². The van der Waals surface area contributed by atoms with Crippen molar-refractivity contribution in [3.8, 4) is 0 Å². The Morgan fingerprint density at radius 3 is 2.43 bits per heavy atom. The Morgan fingerprint density at radius 1 is 1.10 bits per heavy atom. The fourth-order valence-corrected chi connectivity index (χ4v) is 4.74. The molecule has 1 unspecified atom stereocenters. The second-order valence-electron chi connectivity index (χ2n) is 8.54. The van der Waals surface area contributed by atoms with Crippen LogP contribution < -0.4 is 5.32 Å². The number of nitrogens with zero attached hydrogens (tertiary/aromatic N) is 3. The third-order valence-electron chi connectivity index (χ3n) is 6.81. The minimum absolute atomic E-state index is 0. The van der Waals surface area contributed by atoms with Gasteiger partial charge in [-0.2, -0.15) is 0 Å². The van der Waals surface area contributed by atoms with Crippen molar-refractivity contribution in [1.82, 2.24) is 15.1 Å². The SMILES string of the molecule is CCNC(=NCC(CC)(CC)c1ccccc1)N1CCC(CN2CCOCC2)C1.I. The van der Waals surface area contributed by atoms with Crippen LogP contribution in [0, 0.1) is 5.92 Å². The van der Waals surface area contributed by atoms with Gasteiger partial charge in [-0.3, -0.25) is 9.89 Å².